The van der Waals surface area contributed by atoms with Gasteiger partial charge in [-0.3, -0.25) is 4.79 Å². The van der Waals surface area contributed by atoms with Gasteiger partial charge in [0.1, 0.15) is 5.52 Å². The number of ether oxygens (including phenoxy) is 1. The molecule has 1 heterocycles. The fraction of sp³-hybridized carbons (Fsp3) is 0.333. The van der Waals surface area contributed by atoms with Gasteiger partial charge in [0.15, 0.2) is 6.61 Å². The van der Waals surface area contributed by atoms with Gasteiger partial charge < -0.3 is 10.1 Å². The van der Waals surface area contributed by atoms with E-state index in [-0.39, 0.29) is 18.6 Å². The molecule has 0 fully saturated rings. The van der Waals surface area contributed by atoms with Gasteiger partial charge in [-0.25, -0.2) is 9.48 Å². The predicted octanol–water partition coefficient (Wildman–Crippen LogP) is 2.94. The normalized spacial score (nSPS) is 11.0. The molecule has 1 amide bonds. The topological polar surface area (TPSA) is 86.1 Å². The lowest BCUT2D eigenvalue weighted by atomic mass is 10.1. The van der Waals surface area contributed by atoms with Crippen LogP contribution in [0.3, 0.4) is 0 Å². The summed E-state index contributed by atoms with van der Waals surface area (Å²) in [4.78, 5) is 24.0. The Morgan fingerprint density at radius 1 is 1.07 bits per heavy atom. The quantitative estimate of drug-likeness (QED) is 0.607. The second kappa shape index (κ2) is 9.12. The smallest absolute Gasteiger partial charge is 0.338 e. The first kappa shape index (κ1) is 19.5. The fourth-order valence-corrected chi connectivity index (χ4v) is 2.93. The van der Waals surface area contributed by atoms with Crippen LogP contribution in [0.4, 0.5) is 0 Å². The lowest BCUT2D eigenvalue weighted by Crippen LogP contribution is -2.36. The first-order valence-corrected chi connectivity index (χ1v) is 9.44. The first-order chi connectivity index (χ1) is 13.6. The van der Waals surface area contributed by atoms with Gasteiger partial charge in [-0.2, -0.15) is 0 Å². The number of carbonyl (C=O) groups excluding carboxylic acids is 2. The molecule has 1 aromatic heterocycles. The molecule has 0 aliphatic heterocycles. The highest BCUT2D eigenvalue weighted by Gasteiger charge is 2.13. The van der Waals surface area contributed by atoms with E-state index in [1.165, 1.54) is 0 Å². The third-order valence-corrected chi connectivity index (χ3v) is 4.63. The molecule has 0 radical (unpaired) electrons. The summed E-state index contributed by atoms with van der Waals surface area (Å²) < 4.78 is 6.92. The van der Waals surface area contributed by atoms with Crippen LogP contribution >= 0.6 is 0 Å². The van der Waals surface area contributed by atoms with Crippen LogP contribution < -0.4 is 5.32 Å². The molecule has 0 atom stereocenters. The first-order valence-electron chi connectivity index (χ1n) is 9.44. The molecule has 0 spiro atoms. The molecule has 3 rings (SSSR count). The number of rotatable bonds is 8. The van der Waals surface area contributed by atoms with Crippen molar-refractivity contribution in [2.45, 2.75) is 39.3 Å². The van der Waals surface area contributed by atoms with Crippen LogP contribution in [0.1, 0.15) is 42.6 Å². The number of hydrogen-bond acceptors (Lipinski definition) is 5. The Labute approximate surface area is 163 Å². The molecule has 2 aromatic carbocycles. The average molecular weight is 380 g/mol. The molecule has 7 heteroatoms. The number of benzene rings is 2. The number of aromatic nitrogens is 3. The Morgan fingerprint density at radius 3 is 2.50 bits per heavy atom. The van der Waals surface area contributed by atoms with Gasteiger partial charge in [0.25, 0.3) is 5.91 Å². The SMILES string of the molecule is CCC(CC)NC(=O)COC(=O)c1ccc(Cn2nnc3ccccc32)cc1. The van der Waals surface area contributed by atoms with E-state index in [2.05, 4.69) is 15.6 Å². The van der Waals surface area contributed by atoms with E-state index in [9.17, 15) is 9.59 Å². The molecule has 0 unspecified atom stereocenters. The van der Waals surface area contributed by atoms with Crippen LogP contribution in [0, 0.1) is 0 Å². The van der Waals surface area contributed by atoms with Crippen LogP contribution in [-0.2, 0) is 16.1 Å². The molecular weight excluding hydrogens is 356 g/mol. The molecule has 146 valence electrons. The van der Waals surface area contributed by atoms with Crippen molar-refractivity contribution >= 4 is 22.9 Å². The maximum atomic E-state index is 12.1. The molecule has 3 aromatic rings. The minimum Gasteiger partial charge on any atom is -0.452 e. The Morgan fingerprint density at radius 2 is 1.79 bits per heavy atom. The number of carbonyl (C=O) groups is 2. The zero-order chi connectivity index (χ0) is 19.9. The maximum absolute atomic E-state index is 12.1. The zero-order valence-electron chi connectivity index (χ0n) is 16.1. The molecule has 7 nitrogen and oxygen atoms in total. The summed E-state index contributed by atoms with van der Waals surface area (Å²) in [6.07, 6.45) is 1.69. The number of hydrogen-bond donors (Lipinski definition) is 1. The summed E-state index contributed by atoms with van der Waals surface area (Å²) in [5.41, 5.74) is 3.19. The summed E-state index contributed by atoms with van der Waals surface area (Å²) in [7, 11) is 0. The number of nitrogens with zero attached hydrogens (tertiary/aromatic N) is 3. The summed E-state index contributed by atoms with van der Waals surface area (Å²) in [5.74, 6) is -0.797. The molecule has 0 aliphatic rings. The monoisotopic (exact) mass is 380 g/mol. The summed E-state index contributed by atoms with van der Waals surface area (Å²) in [5, 5.41) is 11.1. The van der Waals surface area contributed by atoms with Crippen molar-refractivity contribution in [3.8, 4) is 0 Å². The molecule has 0 aliphatic carbocycles. The lowest BCUT2D eigenvalue weighted by molar-refractivity contribution is -0.125. The molecular formula is C21H24N4O3. The largest absolute Gasteiger partial charge is 0.452 e. The van der Waals surface area contributed by atoms with Crippen molar-refractivity contribution in [2.75, 3.05) is 6.61 Å². The minimum absolute atomic E-state index is 0.110. The van der Waals surface area contributed by atoms with E-state index in [4.69, 9.17) is 4.74 Å². The number of fused-ring (bicyclic) bond motifs is 1. The van der Waals surface area contributed by atoms with E-state index in [1.54, 1.807) is 12.1 Å². The van der Waals surface area contributed by atoms with Crippen molar-refractivity contribution in [3.05, 3.63) is 59.7 Å². The molecule has 0 bridgehead atoms. The third-order valence-electron chi connectivity index (χ3n) is 4.63. The summed E-state index contributed by atoms with van der Waals surface area (Å²) >= 11 is 0. The Hall–Kier alpha value is -3.22. The van der Waals surface area contributed by atoms with Crippen molar-refractivity contribution < 1.29 is 14.3 Å². The van der Waals surface area contributed by atoms with E-state index in [1.807, 2.05) is 54.9 Å². The molecule has 0 saturated heterocycles. The van der Waals surface area contributed by atoms with E-state index < -0.39 is 5.97 Å². The Kier molecular flexibility index (Phi) is 6.37. The zero-order valence-corrected chi connectivity index (χ0v) is 16.1. The third kappa shape index (κ3) is 4.73. The predicted molar refractivity (Wildman–Crippen MR) is 106 cm³/mol. The Bertz CT molecular complexity index is 946. The van der Waals surface area contributed by atoms with Crippen LogP contribution in [0.15, 0.2) is 48.5 Å². The summed E-state index contributed by atoms with van der Waals surface area (Å²) in [6.45, 7) is 4.28. The molecule has 1 N–H and O–H groups in total. The van der Waals surface area contributed by atoms with Gasteiger partial charge in [0, 0.05) is 6.04 Å². The van der Waals surface area contributed by atoms with Gasteiger partial charge in [-0.15, -0.1) is 5.10 Å². The highest BCUT2D eigenvalue weighted by atomic mass is 16.5. The van der Waals surface area contributed by atoms with Crippen molar-refractivity contribution in [2.24, 2.45) is 0 Å². The second-order valence-corrected chi connectivity index (χ2v) is 6.59. The number of esters is 1. The van der Waals surface area contributed by atoms with Gasteiger partial charge in [-0.05, 0) is 42.7 Å². The van der Waals surface area contributed by atoms with E-state index in [0.29, 0.717) is 12.1 Å². The number of nitrogens with one attached hydrogen (secondary N) is 1. The second-order valence-electron chi connectivity index (χ2n) is 6.59. The van der Waals surface area contributed by atoms with Crippen LogP contribution in [-0.4, -0.2) is 39.5 Å². The van der Waals surface area contributed by atoms with E-state index in [0.717, 1.165) is 29.4 Å². The van der Waals surface area contributed by atoms with Gasteiger partial charge in [0.05, 0.1) is 17.6 Å². The standard InChI is InChI=1S/C21H24N4O3/c1-3-17(4-2)22-20(26)14-28-21(27)16-11-9-15(10-12-16)13-25-19-8-6-5-7-18(19)23-24-25/h5-12,17H,3-4,13-14H2,1-2H3,(H,22,26). The van der Waals surface area contributed by atoms with Crippen molar-refractivity contribution in [3.63, 3.8) is 0 Å². The highest BCUT2D eigenvalue weighted by molar-refractivity contribution is 5.91. The maximum Gasteiger partial charge on any atom is 0.338 e. The Balaban J connectivity index is 1.56. The van der Waals surface area contributed by atoms with Crippen LogP contribution in [0.5, 0.6) is 0 Å². The minimum atomic E-state index is -0.516. The van der Waals surface area contributed by atoms with Crippen molar-refractivity contribution in [1.82, 2.24) is 20.3 Å². The van der Waals surface area contributed by atoms with Gasteiger partial charge in [-0.1, -0.05) is 43.3 Å². The fourth-order valence-electron chi connectivity index (χ4n) is 2.93. The summed E-state index contributed by atoms with van der Waals surface area (Å²) in [6, 6.07) is 14.9. The average Bonchev–Trinajstić information content (AvgIpc) is 3.13. The van der Waals surface area contributed by atoms with E-state index >= 15 is 0 Å². The number of para-hydroxylation sites is 1. The highest BCUT2D eigenvalue weighted by Crippen LogP contribution is 2.13. The molecule has 0 saturated carbocycles. The molecule has 28 heavy (non-hydrogen) atoms. The van der Waals surface area contributed by atoms with Crippen LogP contribution in [0.2, 0.25) is 0 Å². The van der Waals surface area contributed by atoms with Gasteiger partial charge >= 0.3 is 5.97 Å². The van der Waals surface area contributed by atoms with Gasteiger partial charge in [0.2, 0.25) is 0 Å². The van der Waals surface area contributed by atoms with Crippen LogP contribution in [0.25, 0.3) is 11.0 Å². The lowest BCUT2D eigenvalue weighted by Gasteiger charge is -2.14. The van der Waals surface area contributed by atoms with Crippen molar-refractivity contribution in [1.29, 1.82) is 0 Å². The number of amides is 1.